The van der Waals surface area contributed by atoms with Gasteiger partial charge < -0.3 is 24.6 Å². The maximum atomic E-state index is 11.8. The molecule has 2 unspecified atom stereocenters. The summed E-state index contributed by atoms with van der Waals surface area (Å²) in [5.74, 6) is 1.48. The molecule has 5 heteroatoms. The smallest absolute Gasteiger partial charge is 0.133 e. The third-order valence-electron chi connectivity index (χ3n) is 6.86. The molecule has 1 heterocycles. The molecule has 0 amide bonds. The van der Waals surface area contributed by atoms with Gasteiger partial charge in [0.05, 0.1) is 11.5 Å². The van der Waals surface area contributed by atoms with Crippen LogP contribution in [0.1, 0.15) is 36.0 Å². The first-order valence-corrected chi connectivity index (χ1v) is 11.7. The van der Waals surface area contributed by atoms with E-state index in [2.05, 4.69) is 23.1 Å². The average molecular weight is 446 g/mol. The summed E-state index contributed by atoms with van der Waals surface area (Å²) in [5.41, 5.74) is 1.41. The highest BCUT2D eigenvalue weighted by Gasteiger charge is 2.48. The maximum Gasteiger partial charge on any atom is 0.133 e. The van der Waals surface area contributed by atoms with Gasteiger partial charge in [-0.1, -0.05) is 60.7 Å². The van der Waals surface area contributed by atoms with Crippen molar-refractivity contribution in [1.82, 2.24) is 4.90 Å². The van der Waals surface area contributed by atoms with E-state index in [9.17, 15) is 10.2 Å². The van der Waals surface area contributed by atoms with Gasteiger partial charge in [-0.25, -0.2) is 0 Å². The minimum Gasteiger partial charge on any atom is -0.491 e. The number of likely N-dealkylation sites (tertiary alicyclic amines) is 1. The number of hydrogen-bond donors (Lipinski definition) is 2. The first kappa shape index (κ1) is 22.0. The Morgan fingerprint density at radius 3 is 2.18 bits per heavy atom. The van der Waals surface area contributed by atoms with E-state index in [0.29, 0.717) is 19.4 Å². The molecule has 1 aliphatic heterocycles. The first-order valence-electron chi connectivity index (χ1n) is 11.7. The van der Waals surface area contributed by atoms with Crippen molar-refractivity contribution in [3.63, 3.8) is 0 Å². The zero-order chi connectivity index (χ0) is 22.7. The molecule has 3 atom stereocenters. The van der Waals surface area contributed by atoms with Gasteiger partial charge in [-0.15, -0.1) is 0 Å². The van der Waals surface area contributed by atoms with Crippen LogP contribution in [0.3, 0.4) is 0 Å². The summed E-state index contributed by atoms with van der Waals surface area (Å²) in [5, 5.41) is 22.2. The number of para-hydroxylation sites is 2. The van der Waals surface area contributed by atoms with Crippen LogP contribution >= 0.6 is 0 Å². The minimum atomic E-state index is -0.850. The molecule has 2 aliphatic rings. The molecule has 172 valence electrons. The fraction of sp³-hybridized carbons (Fsp3) is 0.357. The van der Waals surface area contributed by atoms with Crippen LogP contribution in [0.2, 0.25) is 0 Å². The Bertz CT molecular complexity index is 1030. The van der Waals surface area contributed by atoms with Gasteiger partial charge in [0, 0.05) is 19.6 Å². The molecular formula is C28H31NO4. The number of fused-ring (bicyclic) bond motifs is 2. The number of β-amino-alcohol motifs (C(OH)–C–C–N with tert-alkyl or cyclic N) is 1. The number of benzene rings is 3. The van der Waals surface area contributed by atoms with E-state index >= 15 is 0 Å². The predicted octanol–water partition coefficient (Wildman–Crippen LogP) is 4.17. The van der Waals surface area contributed by atoms with Crippen molar-refractivity contribution in [3.8, 4) is 11.5 Å². The SMILES string of the molecule is O[C@@H](COc1ccccc1)CN1CCC(O)(C2c3cccc(c3)C2Oc2ccccc2)CC1. The van der Waals surface area contributed by atoms with E-state index in [4.69, 9.17) is 9.47 Å². The van der Waals surface area contributed by atoms with Gasteiger partial charge in [-0.3, -0.25) is 0 Å². The summed E-state index contributed by atoms with van der Waals surface area (Å²) in [7, 11) is 0. The van der Waals surface area contributed by atoms with Gasteiger partial charge in [0.2, 0.25) is 0 Å². The van der Waals surface area contributed by atoms with Gasteiger partial charge in [0.25, 0.3) is 0 Å². The van der Waals surface area contributed by atoms with Crippen LogP contribution in [0, 0.1) is 0 Å². The Morgan fingerprint density at radius 2 is 1.48 bits per heavy atom. The Labute approximate surface area is 195 Å². The van der Waals surface area contributed by atoms with E-state index in [1.165, 1.54) is 0 Å². The molecular weight excluding hydrogens is 414 g/mol. The minimum absolute atomic E-state index is 0.101. The van der Waals surface area contributed by atoms with E-state index in [-0.39, 0.29) is 18.6 Å². The van der Waals surface area contributed by atoms with E-state index in [1.54, 1.807) is 0 Å². The molecule has 5 rings (SSSR count). The van der Waals surface area contributed by atoms with Crippen molar-refractivity contribution in [1.29, 1.82) is 0 Å². The number of hydrogen-bond acceptors (Lipinski definition) is 5. The standard InChI is InChI=1S/C28H31NO4/c30-23(20-32-24-10-3-1-4-11-24)19-29-16-14-28(31,15-17-29)26-21-8-7-9-22(18-21)27(26)33-25-12-5-2-6-13-25/h1-13,18,23,26-27,30-31H,14-17,19-20H2/t23-,26?,27?/m1/s1. The Balaban J connectivity index is 1.20. The first-order chi connectivity index (χ1) is 16.1. The fourth-order valence-electron chi connectivity index (χ4n) is 5.16. The van der Waals surface area contributed by atoms with Crippen LogP contribution in [-0.2, 0) is 0 Å². The van der Waals surface area contributed by atoms with Crippen LogP contribution in [0.15, 0.2) is 84.9 Å². The molecule has 0 spiro atoms. The lowest BCUT2D eigenvalue weighted by Crippen LogP contribution is -2.51. The second kappa shape index (κ2) is 9.56. The summed E-state index contributed by atoms with van der Waals surface area (Å²) in [6.07, 6.45) is 0.500. The molecule has 1 saturated heterocycles. The Kier molecular flexibility index (Phi) is 6.36. The normalized spacial score (nSPS) is 22.6. The predicted molar refractivity (Wildman–Crippen MR) is 128 cm³/mol. The highest BCUT2D eigenvalue weighted by molar-refractivity contribution is 5.41. The number of aliphatic hydroxyl groups is 2. The molecule has 3 aromatic carbocycles. The van der Waals surface area contributed by atoms with Gasteiger partial charge in [-0.2, -0.15) is 0 Å². The fourth-order valence-corrected chi connectivity index (χ4v) is 5.16. The van der Waals surface area contributed by atoms with E-state index < -0.39 is 11.7 Å². The van der Waals surface area contributed by atoms with Crippen LogP contribution in [0.25, 0.3) is 0 Å². The number of ether oxygens (including phenoxy) is 2. The van der Waals surface area contributed by atoms with Gasteiger partial charge in [-0.05, 0) is 48.2 Å². The molecule has 2 bridgehead atoms. The quantitative estimate of drug-likeness (QED) is 0.545. The molecule has 0 radical (unpaired) electrons. The lowest BCUT2D eigenvalue weighted by Gasteiger charge is -2.44. The molecule has 1 aliphatic carbocycles. The summed E-state index contributed by atoms with van der Waals surface area (Å²) in [6, 6.07) is 27.8. The molecule has 5 nitrogen and oxygen atoms in total. The van der Waals surface area contributed by atoms with Crippen molar-refractivity contribution in [2.75, 3.05) is 26.2 Å². The molecule has 33 heavy (non-hydrogen) atoms. The lowest BCUT2D eigenvalue weighted by atomic mass is 9.75. The second-order valence-corrected chi connectivity index (χ2v) is 9.18. The van der Waals surface area contributed by atoms with Gasteiger partial charge >= 0.3 is 0 Å². The number of rotatable bonds is 8. The summed E-state index contributed by atoms with van der Waals surface area (Å²) in [4.78, 5) is 2.21. The van der Waals surface area contributed by atoms with Crippen LogP contribution in [0.4, 0.5) is 0 Å². The van der Waals surface area contributed by atoms with Crippen molar-refractivity contribution in [2.45, 2.75) is 36.6 Å². The van der Waals surface area contributed by atoms with Crippen molar-refractivity contribution in [3.05, 3.63) is 96.1 Å². The third-order valence-corrected chi connectivity index (χ3v) is 6.86. The largest absolute Gasteiger partial charge is 0.491 e. The summed E-state index contributed by atoms with van der Waals surface area (Å²) < 4.78 is 12.1. The number of nitrogens with zero attached hydrogens (tertiary/aromatic N) is 1. The highest BCUT2D eigenvalue weighted by atomic mass is 16.5. The van der Waals surface area contributed by atoms with Crippen molar-refractivity contribution < 1.29 is 19.7 Å². The molecule has 1 fully saturated rings. The third kappa shape index (κ3) is 4.91. The Morgan fingerprint density at radius 1 is 0.848 bits per heavy atom. The van der Waals surface area contributed by atoms with Crippen LogP contribution in [-0.4, -0.2) is 53.1 Å². The average Bonchev–Trinajstić information content (AvgIpc) is 3.09. The van der Waals surface area contributed by atoms with Crippen molar-refractivity contribution in [2.24, 2.45) is 0 Å². The second-order valence-electron chi connectivity index (χ2n) is 9.18. The summed E-state index contributed by atoms with van der Waals surface area (Å²) >= 11 is 0. The monoisotopic (exact) mass is 445 g/mol. The maximum absolute atomic E-state index is 11.8. The molecule has 3 aromatic rings. The topological polar surface area (TPSA) is 62.2 Å². The number of aliphatic hydroxyl groups excluding tert-OH is 1. The van der Waals surface area contributed by atoms with E-state index in [0.717, 1.165) is 35.7 Å². The lowest BCUT2D eigenvalue weighted by molar-refractivity contribution is -0.0737. The van der Waals surface area contributed by atoms with Gasteiger partial charge in [0.15, 0.2) is 0 Å². The van der Waals surface area contributed by atoms with Crippen LogP contribution in [0.5, 0.6) is 11.5 Å². The van der Waals surface area contributed by atoms with Crippen molar-refractivity contribution >= 4 is 0 Å². The zero-order valence-electron chi connectivity index (χ0n) is 18.7. The Hall–Kier alpha value is -2.86. The number of piperidine rings is 1. The molecule has 2 N–H and O–H groups in total. The molecule has 0 aromatic heterocycles. The van der Waals surface area contributed by atoms with Crippen LogP contribution < -0.4 is 9.47 Å². The summed E-state index contributed by atoms with van der Waals surface area (Å²) in [6.45, 7) is 2.24. The molecule has 0 saturated carbocycles. The highest BCUT2D eigenvalue weighted by Crippen LogP contribution is 2.50. The zero-order valence-corrected chi connectivity index (χ0v) is 18.7. The van der Waals surface area contributed by atoms with Gasteiger partial charge in [0.1, 0.15) is 30.3 Å². The van der Waals surface area contributed by atoms with E-state index in [1.807, 2.05) is 66.7 Å².